The standard InChI is InChI=1S/C23H26BrN3O4S/c1-14-7-9-26(10-8-14)22(29)18-4-3-17(11-15(18)2)27-13-16(12-20(27)28)25-23(30)31-21-6-5-19(24)32-21/h3-6,11,14,16H,7-10,12-13H2,1-2H3,(H,25,30). The lowest BCUT2D eigenvalue weighted by Gasteiger charge is -2.31. The number of likely N-dealkylation sites (tertiary alicyclic amines) is 1. The molecule has 7 nitrogen and oxygen atoms in total. The lowest BCUT2D eigenvalue weighted by atomic mass is 9.98. The van der Waals surface area contributed by atoms with Crippen molar-refractivity contribution < 1.29 is 19.1 Å². The third kappa shape index (κ3) is 5.15. The lowest BCUT2D eigenvalue weighted by Crippen LogP contribution is -2.39. The average Bonchev–Trinajstić information content (AvgIpc) is 3.32. The number of nitrogens with zero attached hydrogens (tertiary/aromatic N) is 2. The lowest BCUT2D eigenvalue weighted by molar-refractivity contribution is -0.117. The summed E-state index contributed by atoms with van der Waals surface area (Å²) in [5.74, 6) is 0.642. The second-order valence-electron chi connectivity index (χ2n) is 8.47. The first kappa shape index (κ1) is 22.8. The molecule has 1 atom stereocenters. The molecule has 1 aromatic heterocycles. The van der Waals surface area contributed by atoms with Crippen LogP contribution in [0.2, 0.25) is 0 Å². The van der Waals surface area contributed by atoms with Crippen LogP contribution in [0.4, 0.5) is 10.5 Å². The van der Waals surface area contributed by atoms with Crippen molar-refractivity contribution in [2.75, 3.05) is 24.5 Å². The summed E-state index contributed by atoms with van der Waals surface area (Å²) in [5, 5.41) is 3.25. The summed E-state index contributed by atoms with van der Waals surface area (Å²) in [6.07, 6.45) is 1.69. The first-order valence-corrected chi connectivity index (χ1v) is 12.3. The maximum atomic E-state index is 12.9. The highest BCUT2D eigenvalue weighted by molar-refractivity contribution is 9.11. The van der Waals surface area contributed by atoms with Crippen molar-refractivity contribution in [3.8, 4) is 5.06 Å². The minimum Gasteiger partial charge on any atom is -0.399 e. The number of carbonyl (C=O) groups excluding carboxylic acids is 3. The number of anilines is 1. The monoisotopic (exact) mass is 519 g/mol. The Labute approximate surface area is 199 Å². The van der Waals surface area contributed by atoms with Gasteiger partial charge >= 0.3 is 6.09 Å². The van der Waals surface area contributed by atoms with Gasteiger partial charge in [0.05, 0.1) is 9.83 Å². The number of piperidine rings is 1. The van der Waals surface area contributed by atoms with Gasteiger partial charge in [-0.15, -0.1) is 0 Å². The van der Waals surface area contributed by atoms with Gasteiger partial charge in [0, 0.05) is 37.3 Å². The van der Waals surface area contributed by atoms with Gasteiger partial charge in [-0.25, -0.2) is 4.79 Å². The fourth-order valence-corrected chi connectivity index (χ4v) is 5.32. The third-order valence-electron chi connectivity index (χ3n) is 6.01. The Bertz CT molecular complexity index is 1030. The van der Waals surface area contributed by atoms with Gasteiger partial charge in [-0.1, -0.05) is 18.3 Å². The molecule has 0 aliphatic carbocycles. The Morgan fingerprint density at radius 2 is 1.94 bits per heavy atom. The Morgan fingerprint density at radius 1 is 1.19 bits per heavy atom. The maximum Gasteiger partial charge on any atom is 0.413 e. The topological polar surface area (TPSA) is 79.0 Å². The van der Waals surface area contributed by atoms with Gasteiger partial charge in [-0.05, 0) is 77.5 Å². The number of halogens is 1. The zero-order valence-electron chi connectivity index (χ0n) is 18.1. The summed E-state index contributed by atoms with van der Waals surface area (Å²) >= 11 is 4.64. The highest BCUT2D eigenvalue weighted by Crippen LogP contribution is 2.29. The maximum absolute atomic E-state index is 12.9. The minimum atomic E-state index is -0.577. The van der Waals surface area contributed by atoms with E-state index in [9.17, 15) is 14.4 Å². The molecule has 1 N–H and O–H groups in total. The first-order chi connectivity index (χ1) is 15.3. The fourth-order valence-electron chi connectivity index (χ4n) is 4.13. The Hall–Kier alpha value is -2.39. The molecular weight excluding hydrogens is 494 g/mol. The molecule has 2 aliphatic rings. The SMILES string of the molecule is Cc1cc(N2CC(NC(=O)Oc3ccc(Br)s3)CC2=O)ccc1C(=O)N1CCC(C)CC1. The van der Waals surface area contributed by atoms with E-state index >= 15 is 0 Å². The summed E-state index contributed by atoms with van der Waals surface area (Å²) in [5.41, 5.74) is 2.25. The smallest absolute Gasteiger partial charge is 0.399 e. The van der Waals surface area contributed by atoms with Crippen molar-refractivity contribution in [1.29, 1.82) is 0 Å². The second-order valence-corrected chi connectivity index (χ2v) is 10.9. The summed E-state index contributed by atoms with van der Waals surface area (Å²) in [4.78, 5) is 41.2. The molecule has 2 fully saturated rings. The van der Waals surface area contributed by atoms with E-state index in [4.69, 9.17) is 4.74 Å². The van der Waals surface area contributed by atoms with Crippen LogP contribution < -0.4 is 15.0 Å². The van der Waals surface area contributed by atoms with Gasteiger partial charge in [-0.2, -0.15) is 0 Å². The molecule has 0 bridgehead atoms. The fraction of sp³-hybridized carbons (Fsp3) is 0.435. The van der Waals surface area contributed by atoms with Crippen LogP contribution in [-0.2, 0) is 4.79 Å². The number of thiophene rings is 1. The molecule has 3 amide bonds. The second kappa shape index (κ2) is 9.62. The Kier molecular flexibility index (Phi) is 6.85. The molecule has 2 aromatic rings. The van der Waals surface area contributed by atoms with E-state index in [1.165, 1.54) is 11.3 Å². The molecule has 1 aromatic carbocycles. The Morgan fingerprint density at radius 3 is 2.59 bits per heavy atom. The highest BCUT2D eigenvalue weighted by Gasteiger charge is 2.32. The van der Waals surface area contributed by atoms with Crippen LogP contribution in [0.5, 0.6) is 5.06 Å². The van der Waals surface area contributed by atoms with E-state index in [1.807, 2.05) is 30.0 Å². The first-order valence-electron chi connectivity index (χ1n) is 10.7. The Balaban J connectivity index is 1.38. The van der Waals surface area contributed by atoms with Gasteiger partial charge in [-0.3, -0.25) is 9.59 Å². The molecule has 0 radical (unpaired) electrons. The predicted molar refractivity (Wildman–Crippen MR) is 127 cm³/mol. The largest absolute Gasteiger partial charge is 0.413 e. The number of ether oxygens (including phenoxy) is 1. The molecule has 3 heterocycles. The minimum absolute atomic E-state index is 0.0520. The van der Waals surface area contributed by atoms with Gasteiger partial charge in [0.1, 0.15) is 0 Å². The number of benzene rings is 1. The number of carbonyl (C=O) groups is 3. The van der Waals surface area contributed by atoms with Crippen LogP contribution in [0.3, 0.4) is 0 Å². The average molecular weight is 520 g/mol. The van der Waals surface area contributed by atoms with Crippen LogP contribution >= 0.6 is 27.3 Å². The van der Waals surface area contributed by atoms with E-state index in [-0.39, 0.29) is 24.3 Å². The normalized spacial score (nSPS) is 19.3. The predicted octanol–water partition coefficient (Wildman–Crippen LogP) is 4.59. The molecule has 0 saturated carbocycles. The summed E-state index contributed by atoms with van der Waals surface area (Å²) in [6.45, 7) is 6.06. The number of hydrogen-bond acceptors (Lipinski definition) is 5. The van der Waals surface area contributed by atoms with Crippen LogP contribution in [0, 0.1) is 12.8 Å². The number of aryl methyl sites for hydroxylation is 1. The number of rotatable bonds is 4. The molecule has 0 spiro atoms. The van der Waals surface area contributed by atoms with Crippen molar-refractivity contribution in [1.82, 2.24) is 10.2 Å². The summed E-state index contributed by atoms with van der Waals surface area (Å²) in [6, 6.07) is 8.67. The molecule has 2 saturated heterocycles. The van der Waals surface area contributed by atoms with E-state index in [0.717, 1.165) is 41.0 Å². The summed E-state index contributed by atoms with van der Waals surface area (Å²) in [7, 11) is 0. The van der Waals surface area contributed by atoms with Crippen molar-refractivity contribution in [2.45, 2.75) is 39.2 Å². The zero-order chi connectivity index (χ0) is 22.8. The highest BCUT2D eigenvalue weighted by atomic mass is 79.9. The molecule has 4 rings (SSSR count). The van der Waals surface area contributed by atoms with Crippen molar-refractivity contribution >= 4 is 50.9 Å². The summed E-state index contributed by atoms with van der Waals surface area (Å²) < 4.78 is 6.14. The van der Waals surface area contributed by atoms with Crippen LogP contribution in [0.15, 0.2) is 34.1 Å². The van der Waals surface area contributed by atoms with E-state index in [0.29, 0.717) is 23.1 Å². The van der Waals surface area contributed by atoms with Gasteiger partial charge in [0.25, 0.3) is 5.91 Å². The van der Waals surface area contributed by atoms with Crippen LogP contribution in [0.1, 0.15) is 42.1 Å². The molecule has 170 valence electrons. The molecule has 1 unspecified atom stereocenters. The van der Waals surface area contributed by atoms with Gasteiger partial charge < -0.3 is 19.9 Å². The van der Waals surface area contributed by atoms with E-state index in [1.54, 1.807) is 17.0 Å². The molecular formula is C23H26BrN3O4S. The van der Waals surface area contributed by atoms with Crippen molar-refractivity contribution in [2.24, 2.45) is 5.92 Å². The quantitative estimate of drug-likeness (QED) is 0.640. The number of nitrogens with one attached hydrogen (secondary N) is 1. The van der Waals surface area contributed by atoms with Crippen molar-refractivity contribution in [3.05, 3.63) is 45.2 Å². The molecule has 9 heteroatoms. The van der Waals surface area contributed by atoms with E-state index in [2.05, 4.69) is 28.2 Å². The zero-order valence-corrected chi connectivity index (χ0v) is 20.5. The van der Waals surface area contributed by atoms with Crippen LogP contribution in [0.25, 0.3) is 0 Å². The third-order valence-corrected chi connectivity index (χ3v) is 7.51. The molecule has 2 aliphatic heterocycles. The van der Waals surface area contributed by atoms with Gasteiger partial charge in [0.2, 0.25) is 5.91 Å². The van der Waals surface area contributed by atoms with Crippen molar-refractivity contribution in [3.63, 3.8) is 0 Å². The van der Waals surface area contributed by atoms with E-state index < -0.39 is 6.09 Å². The number of hydrogen-bond donors (Lipinski definition) is 1. The van der Waals surface area contributed by atoms with Gasteiger partial charge in [0.15, 0.2) is 5.06 Å². The number of amides is 3. The molecule has 32 heavy (non-hydrogen) atoms. The van der Waals surface area contributed by atoms with Crippen LogP contribution in [-0.4, -0.2) is 48.5 Å².